The Balaban J connectivity index is 0.00000363. The summed E-state index contributed by atoms with van der Waals surface area (Å²) in [6.07, 6.45) is 1.77. The van der Waals surface area contributed by atoms with Crippen molar-refractivity contribution in [1.29, 1.82) is 0 Å². The predicted octanol–water partition coefficient (Wildman–Crippen LogP) is 3.88. The largest absolute Gasteiger partial charge is 0.475 e. The van der Waals surface area contributed by atoms with Gasteiger partial charge in [-0.3, -0.25) is 0 Å². The number of pyridine rings is 1. The van der Waals surface area contributed by atoms with Gasteiger partial charge in [-0.1, -0.05) is 29.8 Å². The maximum Gasteiger partial charge on any atom is 0.218 e. The zero-order chi connectivity index (χ0) is 22.1. The van der Waals surface area contributed by atoms with Crippen LogP contribution in [0.5, 0.6) is 5.88 Å². The molecule has 2 heterocycles. The van der Waals surface area contributed by atoms with Crippen LogP contribution < -0.4 is 10.1 Å². The number of guanidine groups is 1. The van der Waals surface area contributed by atoms with Crippen molar-refractivity contribution in [2.45, 2.75) is 33.4 Å². The SMILES string of the molecule is CCNC(=NCc1cccnc1OCCOC)N1CCOC(c2ccc(C)cc2C)C1.I. The van der Waals surface area contributed by atoms with Gasteiger partial charge in [0.2, 0.25) is 5.88 Å². The number of benzene rings is 1. The Hall–Kier alpha value is -1.91. The highest BCUT2D eigenvalue weighted by Gasteiger charge is 2.25. The highest BCUT2D eigenvalue weighted by atomic mass is 127. The van der Waals surface area contributed by atoms with Crippen molar-refractivity contribution >= 4 is 29.9 Å². The number of hydrogen-bond acceptors (Lipinski definition) is 5. The topological polar surface area (TPSA) is 68.2 Å². The number of hydrogen-bond donors (Lipinski definition) is 1. The molecule has 1 aliphatic rings. The molecule has 176 valence electrons. The Labute approximate surface area is 208 Å². The van der Waals surface area contributed by atoms with Crippen LogP contribution in [0.4, 0.5) is 0 Å². The summed E-state index contributed by atoms with van der Waals surface area (Å²) in [7, 11) is 1.66. The third-order valence-electron chi connectivity index (χ3n) is 5.25. The Morgan fingerprint density at radius 1 is 1.28 bits per heavy atom. The van der Waals surface area contributed by atoms with Crippen LogP contribution in [0.1, 0.15) is 35.3 Å². The second-order valence-corrected chi connectivity index (χ2v) is 7.64. The van der Waals surface area contributed by atoms with Crippen molar-refractivity contribution in [2.75, 3.05) is 46.6 Å². The minimum atomic E-state index is 0. The minimum Gasteiger partial charge on any atom is -0.475 e. The van der Waals surface area contributed by atoms with Gasteiger partial charge in [0.15, 0.2) is 5.96 Å². The zero-order valence-electron chi connectivity index (χ0n) is 19.5. The zero-order valence-corrected chi connectivity index (χ0v) is 21.8. The summed E-state index contributed by atoms with van der Waals surface area (Å²) in [6.45, 7) is 10.9. The van der Waals surface area contributed by atoms with Crippen LogP contribution in [-0.4, -0.2) is 62.4 Å². The molecule has 0 spiro atoms. The summed E-state index contributed by atoms with van der Waals surface area (Å²) >= 11 is 0. The van der Waals surface area contributed by atoms with Gasteiger partial charge in [0.1, 0.15) is 12.7 Å². The van der Waals surface area contributed by atoms with Crippen LogP contribution in [0, 0.1) is 13.8 Å². The number of aliphatic imine (C=N–C) groups is 1. The monoisotopic (exact) mass is 554 g/mol. The lowest BCUT2D eigenvalue weighted by Gasteiger charge is -2.36. The van der Waals surface area contributed by atoms with E-state index in [-0.39, 0.29) is 30.1 Å². The predicted molar refractivity (Wildman–Crippen MR) is 138 cm³/mol. The molecule has 1 aliphatic heterocycles. The fourth-order valence-electron chi connectivity index (χ4n) is 3.70. The Morgan fingerprint density at radius 3 is 2.88 bits per heavy atom. The lowest BCUT2D eigenvalue weighted by atomic mass is 10.00. The third-order valence-corrected chi connectivity index (χ3v) is 5.25. The maximum atomic E-state index is 6.11. The average molecular weight is 554 g/mol. The van der Waals surface area contributed by atoms with E-state index in [4.69, 9.17) is 19.2 Å². The van der Waals surface area contributed by atoms with Crippen molar-refractivity contribution in [3.63, 3.8) is 0 Å². The molecule has 7 nitrogen and oxygen atoms in total. The molecule has 2 aromatic rings. The van der Waals surface area contributed by atoms with Crippen LogP contribution in [0.3, 0.4) is 0 Å². The van der Waals surface area contributed by atoms with Crippen LogP contribution in [-0.2, 0) is 16.0 Å². The third kappa shape index (κ3) is 7.31. The average Bonchev–Trinajstić information content (AvgIpc) is 2.77. The van der Waals surface area contributed by atoms with Crippen LogP contribution in [0.25, 0.3) is 0 Å². The summed E-state index contributed by atoms with van der Waals surface area (Å²) in [4.78, 5) is 11.5. The molecule has 1 atom stereocenters. The molecule has 1 aromatic heterocycles. The lowest BCUT2D eigenvalue weighted by Crippen LogP contribution is -2.48. The number of aromatic nitrogens is 1. The van der Waals surface area contributed by atoms with Crippen LogP contribution in [0.2, 0.25) is 0 Å². The van der Waals surface area contributed by atoms with Gasteiger partial charge >= 0.3 is 0 Å². The lowest BCUT2D eigenvalue weighted by molar-refractivity contribution is -0.00834. The Kier molecular flexibility index (Phi) is 11.2. The van der Waals surface area contributed by atoms with Crippen LogP contribution in [0.15, 0.2) is 41.5 Å². The Bertz CT molecular complexity index is 878. The summed E-state index contributed by atoms with van der Waals surface area (Å²) in [5.74, 6) is 1.49. The summed E-state index contributed by atoms with van der Waals surface area (Å²) in [5, 5.41) is 3.43. The molecule has 0 amide bonds. The highest BCUT2D eigenvalue weighted by molar-refractivity contribution is 14.0. The molecule has 1 N–H and O–H groups in total. The fourth-order valence-corrected chi connectivity index (χ4v) is 3.70. The van der Waals surface area contributed by atoms with Gasteiger partial charge in [0.25, 0.3) is 0 Å². The molecule has 0 aliphatic carbocycles. The van der Waals surface area contributed by atoms with Gasteiger partial charge in [0, 0.05) is 32.0 Å². The molecule has 1 unspecified atom stereocenters. The first-order chi connectivity index (χ1) is 15.1. The highest BCUT2D eigenvalue weighted by Crippen LogP contribution is 2.26. The van der Waals surface area contributed by atoms with Gasteiger partial charge in [0.05, 0.1) is 26.3 Å². The normalized spacial score (nSPS) is 16.4. The first kappa shape index (κ1) is 26.3. The van der Waals surface area contributed by atoms with Gasteiger partial charge < -0.3 is 24.4 Å². The smallest absolute Gasteiger partial charge is 0.218 e. The van der Waals surface area contributed by atoms with Crippen molar-refractivity contribution in [2.24, 2.45) is 4.99 Å². The minimum absolute atomic E-state index is 0. The van der Waals surface area contributed by atoms with E-state index in [0.717, 1.165) is 31.2 Å². The summed E-state index contributed by atoms with van der Waals surface area (Å²) in [5.41, 5.74) is 4.73. The van der Waals surface area contributed by atoms with E-state index in [9.17, 15) is 0 Å². The first-order valence-corrected chi connectivity index (χ1v) is 10.9. The Morgan fingerprint density at radius 2 is 2.12 bits per heavy atom. The second kappa shape index (κ2) is 13.6. The van der Waals surface area contributed by atoms with Gasteiger partial charge in [-0.05, 0) is 38.0 Å². The van der Waals surface area contributed by atoms with Crippen molar-refractivity contribution in [3.8, 4) is 5.88 Å². The van der Waals surface area contributed by atoms with Gasteiger partial charge in [-0.2, -0.15) is 0 Å². The molecule has 8 heteroatoms. The number of halogens is 1. The number of morpholine rings is 1. The van der Waals surface area contributed by atoms with E-state index in [2.05, 4.69) is 54.2 Å². The number of nitrogens with zero attached hydrogens (tertiary/aromatic N) is 3. The molecule has 1 fully saturated rings. The van der Waals surface area contributed by atoms with E-state index >= 15 is 0 Å². The van der Waals surface area contributed by atoms with Crippen molar-refractivity contribution in [1.82, 2.24) is 15.2 Å². The standard InChI is InChI=1S/C24H34N4O3.HI/c1-5-25-24(27-16-20-7-6-10-26-23(20)31-14-13-29-4)28-11-12-30-22(17-28)21-9-8-18(2)15-19(21)3;/h6-10,15,22H,5,11-14,16-17H2,1-4H3,(H,25,27);1H. The second-order valence-electron chi connectivity index (χ2n) is 7.64. The van der Waals surface area contributed by atoms with Crippen LogP contribution >= 0.6 is 24.0 Å². The quantitative estimate of drug-likeness (QED) is 0.231. The summed E-state index contributed by atoms with van der Waals surface area (Å²) < 4.78 is 16.9. The number of aryl methyl sites for hydroxylation is 2. The number of methoxy groups -OCH3 is 1. The molecule has 1 saturated heterocycles. The molecule has 0 bridgehead atoms. The molecule has 0 radical (unpaired) electrons. The van der Waals surface area contributed by atoms with E-state index in [0.29, 0.717) is 32.2 Å². The first-order valence-electron chi connectivity index (χ1n) is 10.9. The number of rotatable bonds is 8. The fraction of sp³-hybridized carbons (Fsp3) is 0.500. The van der Waals surface area contributed by atoms with Crippen molar-refractivity contribution < 1.29 is 14.2 Å². The molecular weight excluding hydrogens is 519 g/mol. The van der Waals surface area contributed by atoms with Gasteiger partial charge in [-0.25, -0.2) is 9.98 Å². The van der Waals surface area contributed by atoms with E-state index in [1.807, 2.05) is 12.1 Å². The number of nitrogens with one attached hydrogen (secondary N) is 1. The molecule has 3 rings (SSSR count). The molecule has 0 saturated carbocycles. The maximum absolute atomic E-state index is 6.11. The van der Waals surface area contributed by atoms with Crippen molar-refractivity contribution in [3.05, 3.63) is 58.8 Å². The van der Waals surface area contributed by atoms with Gasteiger partial charge in [-0.15, -0.1) is 24.0 Å². The molecule has 1 aromatic carbocycles. The summed E-state index contributed by atoms with van der Waals surface area (Å²) in [6, 6.07) is 10.5. The molecular formula is C24H35IN4O3. The van der Waals surface area contributed by atoms with E-state index in [1.165, 1.54) is 16.7 Å². The van der Waals surface area contributed by atoms with E-state index < -0.39 is 0 Å². The molecule has 32 heavy (non-hydrogen) atoms. The number of ether oxygens (including phenoxy) is 3. The van der Waals surface area contributed by atoms with E-state index in [1.54, 1.807) is 13.3 Å².